The summed E-state index contributed by atoms with van der Waals surface area (Å²) < 4.78 is 23.4. The van der Waals surface area contributed by atoms with Gasteiger partial charge in [-0.05, 0) is 70.6 Å². The number of rotatable bonds is 64. The average molecular weight is 1130 g/mol. The molecule has 466 valence electrons. The summed E-state index contributed by atoms with van der Waals surface area (Å²) in [5.41, 5.74) is 0. The van der Waals surface area contributed by atoms with E-state index in [1.807, 2.05) is 27.2 Å². The van der Waals surface area contributed by atoms with Crippen molar-refractivity contribution in [1.82, 2.24) is 5.32 Å². The van der Waals surface area contributed by atoms with E-state index in [1.54, 1.807) is 6.08 Å². The summed E-state index contributed by atoms with van der Waals surface area (Å²) in [6.07, 6.45) is 82.4. The Labute approximate surface area is 492 Å². The largest absolute Gasteiger partial charge is 0.756 e. The maximum absolute atomic E-state index is 13.0. The van der Waals surface area contributed by atoms with Crippen LogP contribution in [0.5, 0.6) is 0 Å². The number of allylic oxidation sites excluding steroid dienone is 7. The first kappa shape index (κ1) is 77.5. The molecular weight excluding hydrogens is 996 g/mol. The van der Waals surface area contributed by atoms with Gasteiger partial charge in [-0.15, -0.1) is 0 Å². The Kier molecular flexibility index (Phi) is 59.8. The number of phosphoric acid groups is 1. The number of carbonyl (C=O) groups excluding carboxylic acids is 1. The predicted molar refractivity (Wildman–Crippen MR) is 344 cm³/mol. The van der Waals surface area contributed by atoms with Crippen molar-refractivity contribution in [3.63, 3.8) is 0 Å². The molecule has 0 aliphatic heterocycles. The lowest BCUT2D eigenvalue weighted by atomic mass is 10.0. The number of hydrogen-bond donors (Lipinski definition) is 2. The lowest BCUT2D eigenvalue weighted by molar-refractivity contribution is -0.870. The summed E-state index contributed by atoms with van der Waals surface area (Å²) in [5.74, 6) is -0.206. The van der Waals surface area contributed by atoms with Gasteiger partial charge in [0.05, 0.1) is 39.9 Å². The monoisotopic (exact) mass is 1130 g/mol. The number of amides is 1. The zero-order chi connectivity index (χ0) is 57.7. The molecule has 0 saturated carbocycles. The molecule has 8 nitrogen and oxygen atoms in total. The standard InChI is InChI=1S/C70H135N2O6P/c1-6-8-10-12-14-16-18-20-22-24-26-28-30-32-34-35-36-38-39-41-43-45-47-49-51-53-55-57-59-61-63-69(73)68(67-78-79(75,76)77-66-65-72(3,4)5)71-70(74)64-62-60-58-56-54-52-50-48-46-44-42-40-37-33-31-29-27-25-23-21-19-17-15-13-11-9-7-2/h25,27,45,47,53,55,61,63,68-69,73H,6-24,26,28-44,46,48-52,54,56-60,62,64-67H2,1-5H3,(H-,71,74,75,76)/b27-25-,47-45+,55-53+,63-61+. The maximum Gasteiger partial charge on any atom is 0.268 e. The lowest BCUT2D eigenvalue weighted by Gasteiger charge is -2.29. The van der Waals surface area contributed by atoms with Crippen molar-refractivity contribution in [2.24, 2.45) is 0 Å². The van der Waals surface area contributed by atoms with E-state index >= 15 is 0 Å². The number of phosphoric ester groups is 1. The lowest BCUT2D eigenvalue weighted by Crippen LogP contribution is -2.45. The molecule has 0 spiro atoms. The fourth-order valence-electron chi connectivity index (χ4n) is 10.4. The summed E-state index contributed by atoms with van der Waals surface area (Å²) in [4.78, 5) is 25.6. The summed E-state index contributed by atoms with van der Waals surface area (Å²) in [6, 6.07) is -0.911. The number of likely N-dealkylation sites (N-methyl/N-ethyl adjacent to an activating group) is 1. The van der Waals surface area contributed by atoms with Gasteiger partial charge in [0.15, 0.2) is 0 Å². The van der Waals surface area contributed by atoms with Gasteiger partial charge >= 0.3 is 0 Å². The Morgan fingerprint density at radius 2 is 0.709 bits per heavy atom. The van der Waals surface area contributed by atoms with Crippen LogP contribution in [0.1, 0.15) is 341 Å². The van der Waals surface area contributed by atoms with E-state index in [0.717, 1.165) is 44.9 Å². The Hall–Kier alpha value is -1.54. The van der Waals surface area contributed by atoms with E-state index in [9.17, 15) is 19.4 Å². The second-order valence-electron chi connectivity index (χ2n) is 24.9. The first-order chi connectivity index (χ1) is 38.5. The van der Waals surface area contributed by atoms with E-state index in [-0.39, 0.29) is 12.5 Å². The molecule has 0 rings (SSSR count). The molecule has 0 aliphatic carbocycles. The van der Waals surface area contributed by atoms with Crippen molar-refractivity contribution < 1.29 is 32.9 Å². The van der Waals surface area contributed by atoms with E-state index in [4.69, 9.17) is 9.05 Å². The smallest absolute Gasteiger partial charge is 0.268 e. The quantitative estimate of drug-likeness (QED) is 0.0272. The van der Waals surface area contributed by atoms with Gasteiger partial charge in [-0.1, -0.05) is 313 Å². The van der Waals surface area contributed by atoms with Gasteiger partial charge in [-0.25, -0.2) is 0 Å². The first-order valence-corrected chi connectivity index (χ1v) is 36.0. The second-order valence-corrected chi connectivity index (χ2v) is 26.3. The molecule has 0 saturated heterocycles. The average Bonchev–Trinajstić information content (AvgIpc) is 3.42. The molecule has 0 heterocycles. The van der Waals surface area contributed by atoms with Crippen LogP contribution in [0.3, 0.4) is 0 Å². The molecular formula is C70H135N2O6P. The molecule has 2 N–H and O–H groups in total. The zero-order valence-electron chi connectivity index (χ0n) is 53.3. The Balaban J connectivity index is 4.14. The van der Waals surface area contributed by atoms with Crippen molar-refractivity contribution in [2.45, 2.75) is 353 Å². The summed E-state index contributed by atoms with van der Waals surface area (Å²) >= 11 is 0. The number of hydrogen-bond acceptors (Lipinski definition) is 6. The third-order valence-corrected chi connectivity index (χ3v) is 16.7. The SMILES string of the molecule is CCCCCCCCCC/C=C\CCCCCCCCCCCCCCCCCC(=O)NC(COP(=O)([O-])OCC[N+](C)(C)C)C(O)/C=C/CC/C=C/CC/C=C/CCCCCCCCCCCCCCCCCCCCCC. The Morgan fingerprint density at radius 1 is 0.430 bits per heavy atom. The topological polar surface area (TPSA) is 108 Å². The highest BCUT2D eigenvalue weighted by Crippen LogP contribution is 2.38. The summed E-state index contributed by atoms with van der Waals surface area (Å²) in [7, 11) is 1.25. The third kappa shape index (κ3) is 63.9. The van der Waals surface area contributed by atoms with Gasteiger partial charge in [0, 0.05) is 6.42 Å². The number of nitrogens with one attached hydrogen (secondary N) is 1. The second kappa shape index (κ2) is 61.0. The van der Waals surface area contributed by atoms with Gasteiger partial charge in [0.2, 0.25) is 5.91 Å². The van der Waals surface area contributed by atoms with Crippen LogP contribution in [0.2, 0.25) is 0 Å². The molecule has 0 aromatic rings. The number of nitrogens with zero attached hydrogens (tertiary/aromatic N) is 1. The van der Waals surface area contributed by atoms with Crippen molar-refractivity contribution in [1.29, 1.82) is 0 Å². The fourth-order valence-corrected chi connectivity index (χ4v) is 11.1. The summed E-state index contributed by atoms with van der Waals surface area (Å²) in [5, 5.41) is 13.9. The molecule has 79 heavy (non-hydrogen) atoms. The van der Waals surface area contributed by atoms with E-state index in [0.29, 0.717) is 17.4 Å². The normalized spacial score (nSPS) is 14.0. The highest BCUT2D eigenvalue weighted by Gasteiger charge is 2.23. The van der Waals surface area contributed by atoms with Gasteiger partial charge in [0.1, 0.15) is 13.2 Å². The van der Waals surface area contributed by atoms with E-state index in [1.165, 1.54) is 276 Å². The van der Waals surface area contributed by atoms with Gasteiger partial charge in [-0.3, -0.25) is 9.36 Å². The first-order valence-electron chi connectivity index (χ1n) is 34.5. The van der Waals surface area contributed by atoms with Gasteiger partial charge in [0.25, 0.3) is 7.82 Å². The van der Waals surface area contributed by atoms with Gasteiger partial charge < -0.3 is 28.8 Å². The zero-order valence-corrected chi connectivity index (χ0v) is 54.2. The fraction of sp³-hybridized carbons (Fsp3) is 0.871. The maximum atomic E-state index is 13.0. The number of quaternary nitrogens is 1. The number of carbonyl (C=O) groups is 1. The molecule has 1 amide bonds. The van der Waals surface area contributed by atoms with Crippen LogP contribution < -0.4 is 10.2 Å². The highest BCUT2D eigenvalue weighted by atomic mass is 31.2. The van der Waals surface area contributed by atoms with Crippen LogP contribution in [0.4, 0.5) is 0 Å². The molecule has 0 aromatic heterocycles. The number of unbranched alkanes of at least 4 members (excludes halogenated alkanes) is 45. The molecule has 0 aromatic carbocycles. The van der Waals surface area contributed by atoms with Crippen LogP contribution in [-0.2, 0) is 18.4 Å². The van der Waals surface area contributed by atoms with Crippen molar-refractivity contribution in [3.8, 4) is 0 Å². The van der Waals surface area contributed by atoms with Crippen molar-refractivity contribution in [2.75, 3.05) is 40.9 Å². The molecule has 3 atom stereocenters. The minimum atomic E-state index is -4.62. The minimum absolute atomic E-state index is 0.00850. The third-order valence-electron chi connectivity index (χ3n) is 15.7. The van der Waals surface area contributed by atoms with Crippen LogP contribution in [-0.4, -0.2) is 68.5 Å². The Morgan fingerprint density at radius 3 is 1.03 bits per heavy atom. The van der Waals surface area contributed by atoms with E-state index in [2.05, 4.69) is 55.6 Å². The van der Waals surface area contributed by atoms with Crippen molar-refractivity contribution in [3.05, 3.63) is 48.6 Å². The molecule has 0 radical (unpaired) electrons. The molecule has 0 aliphatic rings. The number of aliphatic hydroxyl groups is 1. The highest BCUT2D eigenvalue weighted by molar-refractivity contribution is 7.45. The molecule has 0 fully saturated rings. The predicted octanol–water partition coefficient (Wildman–Crippen LogP) is 21.2. The van der Waals surface area contributed by atoms with Gasteiger partial charge in [-0.2, -0.15) is 0 Å². The van der Waals surface area contributed by atoms with E-state index < -0.39 is 26.6 Å². The van der Waals surface area contributed by atoms with Crippen LogP contribution in [0, 0.1) is 0 Å². The minimum Gasteiger partial charge on any atom is -0.756 e. The number of aliphatic hydroxyl groups excluding tert-OH is 1. The Bertz CT molecular complexity index is 1430. The van der Waals surface area contributed by atoms with Crippen LogP contribution in [0.15, 0.2) is 48.6 Å². The molecule has 0 bridgehead atoms. The van der Waals surface area contributed by atoms with Crippen LogP contribution in [0.25, 0.3) is 0 Å². The van der Waals surface area contributed by atoms with Crippen LogP contribution >= 0.6 is 7.82 Å². The summed E-state index contributed by atoms with van der Waals surface area (Å²) in [6.45, 7) is 4.67. The molecule has 9 heteroatoms. The van der Waals surface area contributed by atoms with Crippen molar-refractivity contribution >= 4 is 13.7 Å². The molecule has 3 unspecified atom stereocenters.